The minimum absolute atomic E-state index is 0.0537. The highest BCUT2D eigenvalue weighted by atomic mass is 19.4. The standard InChI is InChI=1S/C16H19F3N2O4/c1-3-15(20-13(22)23)8-7-10-9-11(16(17,18)19)5-6-12(10)21(15)14(24)25-4-2/h5-6,9,20H,3-4,7-8H2,1-2H3,(H,22,23). The van der Waals surface area contributed by atoms with Gasteiger partial charge in [0.1, 0.15) is 5.66 Å². The third kappa shape index (κ3) is 3.64. The molecule has 138 valence electrons. The van der Waals surface area contributed by atoms with E-state index in [0.717, 1.165) is 17.0 Å². The van der Waals surface area contributed by atoms with Crippen LogP contribution in [-0.2, 0) is 17.3 Å². The maximum absolute atomic E-state index is 12.9. The minimum Gasteiger partial charge on any atom is -0.465 e. The van der Waals surface area contributed by atoms with Crippen LogP contribution in [0.15, 0.2) is 18.2 Å². The maximum atomic E-state index is 12.9. The van der Waals surface area contributed by atoms with Gasteiger partial charge in [0.15, 0.2) is 0 Å². The highest BCUT2D eigenvalue weighted by Gasteiger charge is 2.46. The summed E-state index contributed by atoms with van der Waals surface area (Å²) in [7, 11) is 0. The monoisotopic (exact) mass is 360 g/mol. The smallest absolute Gasteiger partial charge is 0.416 e. The first-order chi connectivity index (χ1) is 11.6. The number of hydrogen-bond acceptors (Lipinski definition) is 3. The molecule has 0 bridgehead atoms. The number of benzene rings is 1. The lowest BCUT2D eigenvalue weighted by Gasteiger charge is -2.46. The molecular formula is C16H19F3N2O4. The zero-order valence-corrected chi connectivity index (χ0v) is 13.8. The number of hydrogen-bond donors (Lipinski definition) is 2. The molecular weight excluding hydrogens is 341 g/mol. The number of nitrogens with one attached hydrogen (secondary N) is 1. The molecule has 9 heteroatoms. The minimum atomic E-state index is -4.50. The summed E-state index contributed by atoms with van der Waals surface area (Å²) < 4.78 is 43.8. The van der Waals surface area contributed by atoms with E-state index in [-0.39, 0.29) is 31.6 Å². The van der Waals surface area contributed by atoms with E-state index >= 15 is 0 Å². The van der Waals surface area contributed by atoms with Gasteiger partial charge in [0.2, 0.25) is 0 Å². The molecule has 0 saturated heterocycles. The molecule has 0 aromatic heterocycles. The number of nitrogens with zero attached hydrogens (tertiary/aromatic N) is 1. The van der Waals surface area contributed by atoms with Gasteiger partial charge in [-0.15, -0.1) is 0 Å². The molecule has 1 aromatic rings. The van der Waals surface area contributed by atoms with E-state index in [4.69, 9.17) is 9.84 Å². The van der Waals surface area contributed by atoms with Gasteiger partial charge in [-0.1, -0.05) is 6.92 Å². The Labute approximate surface area is 142 Å². The normalized spacial score (nSPS) is 20.0. The number of ether oxygens (including phenoxy) is 1. The number of fused-ring (bicyclic) bond motifs is 1. The third-order valence-corrected chi connectivity index (χ3v) is 4.26. The van der Waals surface area contributed by atoms with Crippen molar-refractivity contribution in [2.45, 2.75) is 44.9 Å². The van der Waals surface area contributed by atoms with E-state index in [1.165, 1.54) is 6.07 Å². The quantitative estimate of drug-likeness (QED) is 0.854. The largest absolute Gasteiger partial charge is 0.465 e. The fourth-order valence-corrected chi connectivity index (χ4v) is 3.07. The molecule has 6 nitrogen and oxygen atoms in total. The van der Waals surface area contributed by atoms with Crippen molar-refractivity contribution in [2.24, 2.45) is 0 Å². The summed E-state index contributed by atoms with van der Waals surface area (Å²) in [5.41, 5.74) is -1.55. The van der Waals surface area contributed by atoms with Crippen LogP contribution in [0.25, 0.3) is 0 Å². The number of anilines is 1. The van der Waals surface area contributed by atoms with E-state index < -0.39 is 29.6 Å². The zero-order chi connectivity index (χ0) is 18.8. The summed E-state index contributed by atoms with van der Waals surface area (Å²) in [6, 6.07) is 3.04. The number of carbonyl (C=O) groups excluding carboxylic acids is 1. The second-order valence-electron chi connectivity index (χ2n) is 5.69. The van der Waals surface area contributed by atoms with E-state index in [9.17, 15) is 22.8 Å². The molecule has 0 fully saturated rings. The van der Waals surface area contributed by atoms with Gasteiger partial charge in [-0.2, -0.15) is 13.2 Å². The summed E-state index contributed by atoms with van der Waals surface area (Å²) in [6.45, 7) is 3.34. The lowest BCUT2D eigenvalue weighted by atomic mass is 9.88. The van der Waals surface area contributed by atoms with E-state index in [1.54, 1.807) is 13.8 Å². The predicted octanol–water partition coefficient (Wildman–Crippen LogP) is 3.99. The number of halogens is 3. The van der Waals surface area contributed by atoms with Gasteiger partial charge in [0.05, 0.1) is 17.9 Å². The Morgan fingerprint density at radius 3 is 2.56 bits per heavy atom. The second kappa shape index (κ2) is 6.81. The van der Waals surface area contributed by atoms with Gasteiger partial charge >= 0.3 is 18.4 Å². The van der Waals surface area contributed by atoms with Crippen LogP contribution in [0.4, 0.5) is 28.4 Å². The van der Waals surface area contributed by atoms with Gasteiger partial charge in [0, 0.05) is 0 Å². The Bertz CT molecular complexity index is 678. The molecule has 1 aliphatic rings. The zero-order valence-electron chi connectivity index (χ0n) is 13.8. The SMILES string of the molecule is CCOC(=O)N1c2ccc(C(F)(F)F)cc2CCC1(CC)NC(=O)O. The van der Waals surface area contributed by atoms with Crippen molar-refractivity contribution < 1.29 is 32.6 Å². The molecule has 2 rings (SSSR count). The lowest BCUT2D eigenvalue weighted by molar-refractivity contribution is -0.137. The Kier molecular flexibility index (Phi) is 5.15. The summed E-state index contributed by atoms with van der Waals surface area (Å²) in [5, 5.41) is 11.5. The Morgan fingerprint density at radius 1 is 1.36 bits per heavy atom. The number of carboxylic acid groups (broad SMARTS) is 1. The molecule has 0 spiro atoms. The molecule has 1 atom stereocenters. The van der Waals surface area contributed by atoms with Crippen LogP contribution in [0.5, 0.6) is 0 Å². The second-order valence-corrected chi connectivity index (χ2v) is 5.69. The Morgan fingerprint density at radius 2 is 2.04 bits per heavy atom. The predicted molar refractivity (Wildman–Crippen MR) is 83.4 cm³/mol. The van der Waals surface area contributed by atoms with Gasteiger partial charge in [0.25, 0.3) is 0 Å². The number of carbonyl (C=O) groups is 2. The van der Waals surface area contributed by atoms with Crippen molar-refractivity contribution in [3.8, 4) is 0 Å². The van der Waals surface area contributed by atoms with Crippen molar-refractivity contribution in [1.29, 1.82) is 0 Å². The topological polar surface area (TPSA) is 78.9 Å². The van der Waals surface area contributed by atoms with Crippen molar-refractivity contribution >= 4 is 17.9 Å². The maximum Gasteiger partial charge on any atom is 0.416 e. The van der Waals surface area contributed by atoms with Crippen molar-refractivity contribution in [3.05, 3.63) is 29.3 Å². The Hall–Kier alpha value is -2.45. The van der Waals surface area contributed by atoms with Crippen LogP contribution in [-0.4, -0.2) is 29.6 Å². The van der Waals surface area contributed by atoms with Crippen LogP contribution in [0, 0.1) is 0 Å². The molecule has 0 radical (unpaired) electrons. The average molecular weight is 360 g/mol. The van der Waals surface area contributed by atoms with Crippen molar-refractivity contribution in [2.75, 3.05) is 11.5 Å². The fraction of sp³-hybridized carbons (Fsp3) is 0.500. The van der Waals surface area contributed by atoms with E-state index in [0.29, 0.717) is 5.56 Å². The van der Waals surface area contributed by atoms with E-state index in [1.807, 2.05) is 0 Å². The molecule has 1 aromatic carbocycles. The molecule has 25 heavy (non-hydrogen) atoms. The molecule has 0 saturated carbocycles. The number of alkyl halides is 3. The summed E-state index contributed by atoms with van der Waals surface area (Å²) in [5.74, 6) is 0. The molecule has 2 N–H and O–H groups in total. The average Bonchev–Trinajstić information content (AvgIpc) is 2.52. The van der Waals surface area contributed by atoms with Gasteiger partial charge in [-0.25, -0.2) is 9.59 Å². The number of amides is 2. The Balaban J connectivity index is 2.56. The van der Waals surface area contributed by atoms with E-state index in [2.05, 4.69) is 5.32 Å². The van der Waals surface area contributed by atoms with Gasteiger partial charge in [-0.05, 0) is 49.9 Å². The lowest BCUT2D eigenvalue weighted by Crippen LogP contribution is -2.64. The molecule has 1 aliphatic heterocycles. The molecule has 0 aliphatic carbocycles. The number of rotatable bonds is 3. The summed E-state index contributed by atoms with van der Waals surface area (Å²) in [6.07, 6.45) is -6.06. The number of aryl methyl sites for hydroxylation is 1. The highest BCUT2D eigenvalue weighted by Crippen LogP contribution is 2.41. The fourth-order valence-electron chi connectivity index (χ4n) is 3.07. The van der Waals surface area contributed by atoms with Crippen LogP contribution >= 0.6 is 0 Å². The van der Waals surface area contributed by atoms with Crippen LogP contribution in [0.3, 0.4) is 0 Å². The first-order valence-corrected chi connectivity index (χ1v) is 7.83. The van der Waals surface area contributed by atoms with Crippen LogP contribution < -0.4 is 10.2 Å². The highest BCUT2D eigenvalue weighted by molar-refractivity contribution is 5.92. The summed E-state index contributed by atoms with van der Waals surface area (Å²) in [4.78, 5) is 24.8. The molecule has 1 heterocycles. The van der Waals surface area contributed by atoms with Gasteiger partial charge in [-0.3, -0.25) is 10.2 Å². The first kappa shape index (κ1) is 18.9. The molecule has 1 unspecified atom stereocenters. The van der Waals surface area contributed by atoms with Gasteiger partial charge < -0.3 is 9.84 Å². The van der Waals surface area contributed by atoms with Crippen molar-refractivity contribution in [3.63, 3.8) is 0 Å². The summed E-state index contributed by atoms with van der Waals surface area (Å²) >= 11 is 0. The molecule has 2 amide bonds. The van der Waals surface area contributed by atoms with Crippen LogP contribution in [0.1, 0.15) is 37.8 Å². The van der Waals surface area contributed by atoms with Crippen molar-refractivity contribution in [1.82, 2.24) is 5.32 Å². The third-order valence-electron chi connectivity index (χ3n) is 4.26. The first-order valence-electron chi connectivity index (χ1n) is 7.83. The van der Waals surface area contributed by atoms with Crippen LogP contribution in [0.2, 0.25) is 0 Å².